The second kappa shape index (κ2) is 13.7. The first-order valence-electron chi connectivity index (χ1n) is 21.2. The zero-order valence-electron chi connectivity index (χ0n) is 34.1. The Labute approximate surface area is 355 Å². The highest BCUT2D eigenvalue weighted by molar-refractivity contribution is 6.13. The van der Waals surface area contributed by atoms with Gasteiger partial charge < -0.3 is 9.32 Å². The van der Waals surface area contributed by atoms with Crippen molar-refractivity contribution in [3.05, 3.63) is 223 Å². The average Bonchev–Trinajstić information content (AvgIpc) is 3.81. The van der Waals surface area contributed by atoms with E-state index in [-0.39, 0.29) is 5.41 Å². The molecule has 0 saturated heterocycles. The van der Waals surface area contributed by atoms with E-state index in [1.165, 1.54) is 66.1 Å². The Morgan fingerprint density at radius 1 is 0.344 bits per heavy atom. The van der Waals surface area contributed by atoms with Crippen molar-refractivity contribution in [2.45, 2.75) is 19.3 Å². The summed E-state index contributed by atoms with van der Waals surface area (Å²) in [7, 11) is 0. The first-order chi connectivity index (χ1) is 30.0. The van der Waals surface area contributed by atoms with E-state index < -0.39 is 0 Å². The summed E-state index contributed by atoms with van der Waals surface area (Å²) in [5, 5.41) is 7.32. The summed E-state index contributed by atoms with van der Waals surface area (Å²) in [5.41, 5.74) is 17.6. The number of fused-ring (bicyclic) bond motifs is 9. The molecule has 0 radical (unpaired) electrons. The van der Waals surface area contributed by atoms with Crippen LogP contribution >= 0.6 is 0 Å². The largest absolute Gasteiger partial charge is 0.456 e. The van der Waals surface area contributed by atoms with Gasteiger partial charge in [-0.05, 0) is 132 Å². The maximum atomic E-state index is 6.27. The Balaban J connectivity index is 0.969. The number of para-hydroxylation sites is 1. The molecular weight excluding hydrogens is 739 g/mol. The number of anilines is 3. The molecule has 288 valence electrons. The lowest BCUT2D eigenvalue weighted by Crippen LogP contribution is -2.14. The Bertz CT molecular complexity index is 3500. The standard InChI is InChI=1S/C59H41NO/c1-59(2)54-21-7-5-16-51(54)52-35-29-41(37-55(52)59)38-24-30-43(31-25-38)60(44-32-26-40(27-33-44)48-19-11-23-57-58(48)53-17-6-8-22-56(53)61-57)45-14-9-13-42(36-45)47-18-10-20-49-46-15-4-3-12-39(46)28-34-50(47)49/h3-37H,1-2H3. The van der Waals surface area contributed by atoms with Crippen LogP contribution in [0.3, 0.4) is 0 Å². The molecule has 11 aromatic rings. The molecule has 0 N–H and O–H groups in total. The first kappa shape index (κ1) is 35.3. The molecule has 0 atom stereocenters. The molecule has 2 nitrogen and oxygen atoms in total. The molecular formula is C59H41NO. The van der Waals surface area contributed by atoms with Crippen LogP contribution in [0.5, 0.6) is 0 Å². The van der Waals surface area contributed by atoms with Crippen molar-refractivity contribution in [2.24, 2.45) is 0 Å². The Morgan fingerprint density at radius 2 is 0.967 bits per heavy atom. The number of nitrogens with zero attached hydrogens (tertiary/aromatic N) is 1. The SMILES string of the molecule is CC1(C)c2ccccc2-c2ccc(-c3ccc(N(c4ccc(-c5cccc6oc7ccccc7c56)cc4)c4cccc(-c5cccc6c5ccc5ccccc56)c4)cc3)cc21. The highest BCUT2D eigenvalue weighted by Crippen LogP contribution is 2.50. The Kier molecular flexibility index (Phi) is 7.92. The van der Waals surface area contributed by atoms with Gasteiger partial charge in [0.15, 0.2) is 0 Å². The molecule has 1 aliphatic rings. The van der Waals surface area contributed by atoms with Crippen molar-refractivity contribution < 1.29 is 4.42 Å². The molecule has 0 fully saturated rings. The molecule has 0 amide bonds. The van der Waals surface area contributed by atoms with Crippen LogP contribution in [-0.4, -0.2) is 0 Å². The lowest BCUT2D eigenvalue weighted by atomic mass is 9.81. The van der Waals surface area contributed by atoms with Gasteiger partial charge in [0.25, 0.3) is 0 Å². The van der Waals surface area contributed by atoms with E-state index in [0.717, 1.165) is 50.1 Å². The van der Waals surface area contributed by atoms with E-state index in [1.807, 2.05) is 12.1 Å². The van der Waals surface area contributed by atoms with Gasteiger partial charge in [-0.25, -0.2) is 0 Å². The summed E-state index contributed by atoms with van der Waals surface area (Å²) in [5.74, 6) is 0. The van der Waals surface area contributed by atoms with Crippen LogP contribution in [0, 0.1) is 0 Å². The summed E-state index contributed by atoms with van der Waals surface area (Å²) in [6, 6.07) is 77.5. The van der Waals surface area contributed by atoms with Crippen molar-refractivity contribution in [1.29, 1.82) is 0 Å². The molecule has 0 aliphatic heterocycles. The third-order valence-corrected chi connectivity index (χ3v) is 13.1. The molecule has 0 saturated carbocycles. The van der Waals surface area contributed by atoms with Crippen LogP contribution in [0.15, 0.2) is 217 Å². The maximum absolute atomic E-state index is 6.27. The number of hydrogen-bond donors (Lipinski definition) is 0. The van der Waals surface area contributed by atoms with Gasteiger partial charge in [0.05, 0.1) is 0 Å². The molecule has 1 aromatic heterocycles. The zero-order chi connectivity index (χ0) is 40.7. The van der Waals surface area contributed by atoms with Gasteiger partial charge in [-0.1, -0.05) is 172 Å². The first-order valence-corrected chi connectivity index (χ1v) is 21.2. The van der Waals surface area contributed by atoms with Crippen LogP contribution in [0.25, 0.3) is 88.0 Å². The van der Waals surface area contributed by atoms with Crippen LogP contribution in [-0.2, 0) is 5.41 Å². The Hall–Kier alpha value is -7.68. The van der Waals surface area contributed by atoms with E-state index in [2.05, 4.69) is 219 Å². The van der Waals surface area contributed by atoms with Gasteiger partial charge in [0, 0.05) is 33.2 Å². The van der Waals surface area contributed by atoms with E-state index in [0.29, 0.717) is 0 Å². The second-order valence-electron chi connectivity index (χ2n) is 16.9. The van der Waals surface area contributed by atoms with Crippen molar-refractivity contribution in [1.82, 2.24) is 0 Å². The fraction of sp³-hybridized carbons (Fsp3) is 0.0508. The molecule has 10 aromatic carbocycles. The van der Waals surface area contributed by atoms with Crippen molar-refractivity contribution in [3.63, 3.8) is 0 Å². The number of benzene rings is 10. The minimum absolute atomic E-state index is 0.0523. The third kappa shape index (κ3) is 5.64. The molecule has 0 unspecified atom stereocenters. The summed E-state index contributed by atoms with van der Waals surface area (Å²) in [6.07, 6.45) is 0. The molecule has 1 aliphatic carbocycles. The summed E-state index contributed by atoms with van der Waals surface area (Å²) in [6.45, 7) is 4.69. The highest BCUT2D eigenvalue weighted by Gasteiger charge is 2.35. The van der Waals surface area contributed by atoms with E-state index in [4.69, 9.17) is 4.42 Å². The Morgan fingerprint density at radius 3 is 1.82 bits per heavy atom. The molecule has 12 rings (SSSR count). The lowest BCUT2D eigenvalue weighted by molar-refractivity contribution is 0.660. The molecule has 1 heterocycles. The van der Waals surface area contributed by atoms with Gasteiger partial charge in [-0.2, -0.15) is 0 Å². The third-order valence-electron chi connectivity index (χ3n) is 13.1. The normalized spacial score (nSPS) is 12.9. The van der Waals surface area contributed by atoms with Crippen LogP contribution in [0.4, 0.5) is 17.1 Å². The lowest BCUT2D eigenvalue weighted by Gasteiger charge is -2.27. The van der Waals surface area contributed by atoms with Crippen LogP contribution in [0.1, 0.15) is 25.0 Å². The van der Waals surface area contributed by atoms with Crippen molar-refractivity contribution >= 4 is 60.5 Å². The second-order valence-corrected chi connectivity index (χ2v) is 16.9. The van der Waals surface area contributed by atoms with E-state index in [1.54, 1.807) is 0 Å². The van der Waals surface area contributed by atoms with E-state index >= 15 is 0 Å². The number of furan rings is 1. The number of rotatable bonds is 6. The highest BCUT2D eigenvalue weighted by atomic mass is 16.3. The average molecular weight is 780 g/mol. The van der Waals surface area contributed by atoms with E-state index in [9.17, 15) is 0 Å². The minimum atomic E-state index is -0.0523. The van der Waals surface area contributed by atoms with Crippen LogP contribution in [0.2, 0.25) is 0 Å². The topological polar surface area (TPSA) is 16.4 Å². The van der Waals surface area contributed by atoms with Crippen LogP contribution < -0.4 is 4.90 Å². The monoisotopic (exact) mass is 779 g/mol. The zero-order valence-corrected chi connectivity index (χ0v) is 34.1. The summed E-state index contributed by atoms with van der Waals surface area (Å²) in [4.78, 5) is 2.38. The summed E-state index contributed by atoms with van der Waals surface area (Å²) < 4.78 is 6.27. The fourth-order valence-electron chi connectivity index (χ4n) is 10.0. The van der Waals surface area contributed by atoms with Gasteiger partial charge in [0.2, 0.25) is 0 Å². The smallest absolute Gasteiger partial charge is 0.136 e. The predicted octanol–water partition coefficient (Wildman–Crippen LogP) is 16.7. The predicted molar refractivity (Wildman–Crippen MR) is 257 cm³/mol. The quantitative estimate of drug-likeness (QED) is 0.156. The number of hydrogen-bond acceptors (Lipinski definition) is 2. The minimum Gasteiger partial charge on any atom is -0.456 e. The van der Waals surface area contributed by atoms with Crippen molar-refractivity contribution in [2.75, 3.05) is 4.90 Å². The molecule has 61 heavy (non-hydrogen) atoms. The van der Waals surface area contributed by atoms with Gasteiger partial charge in [-0.15, -0.1) is 0 Å². The van der Waals surface area contributed by atoms with Gasteiger partial charge in [0.1, 0.15) is 11.2 Å². The maximum Gasteiger partial charge on any atom is 0.136 e. The summed E-state index contributed by atoms with van der Waals surface area (Å²) >= 11 is 0. The fourth-order valence-corrected chi connectivity index (χ4v) is 10.0. The van der Waals surface area contributed by atoms with Gasteiger partial charge in [-0.3, -0.25) is 0 Å². The molecule has 0 spiro atoms. The van der Waals surface area contributed by atoms with Gasteiger partial charge >= 0.3 is 0 Å². The van der Waals surface area contributed by atoms with Crippen molar-refractivity contribution in [3.8, 4) is 44.5 Å². The molecule has 2 heteroatoms. The molecule has 0 bridgehead atoms.